The third-order valence-electron chi connectivity index (χ3n) is 5.01. The van der Waals surface area contributed by atoms with E-state index in [2.05, 4.69) is 9.98 Å². The number of hydrogen-bond acceptors (Lipinski definition) is 4. The van der Waals surface area contributed by atoms with E-state index in [1.54, 1.807) is 7.11 Å². The molecule has 6 nitrogen and oxygen atoms in total. The van der Waals surface area contributed by atoms with Gasteiger partial charge in [-0.15, -0.1) is 0 Å². The molecule has 6 heteroatoms. The first-order valence-electron chi connectivity index (χ1n) is 9.67. The van der Waals surface area contributed by atoms with E-state index in [0.717, 1.165) is 28.4 Å². The Morgan fingerprint density at radius 2 is 1.87 bits per heavy atom. The summed E-state index contributed by atoms with van der Waals surface area (Å²) in [7, 11) is 1.62. The maximum absolute atomic E-state index is 12.7. The summed E-state index contributed by atoms with van der Waals surface area (Å²) in [5.41, 5.74) is 4.57. The molecule has 0 atom stereocenters. The van der Waals surface area contributed by atoms with Gasteiger partial charge in [0.05, 0.1) is 12.7 Å². The van der Waals surface area contributed by atoms with Crippen LogP contribution in [0.4, 0.5) is 0 Å². The van der Waals surface area contributed by atoms with Crippen molar-refractivity contribution in [1.82, 2.24) is 9.55 Å². The number of nitrogens with zero attached hydrogens (tertiary/aromatic N) is 2. The molecule has 1 aliphatic heterocycles. The molecule has 30 heavy (non-hydrogen) atoms. The van der Waals surface area contributed by atoms with Gasteiger partial charge in [-0.3, -0.25) is 0 Å². The third-order valence-corrected chi connectivity index (χ3v) is 5.01. The van der Waals surface area contributed by atoms with Crippen molar-refractivity contribution in [2.75, 3.05) is 7.11 Å². The lowest BCUT2D eigenvalue weighted by Gasteiger charge is -2.06. The molecule has 0 saturated carbocycles. The molecule has 0 saturated heterocycles. The summed E-state index contributed by atoms with van der Waals surface area (Å²) in [5.74, 6) is 1.09. The smallest absolute Gasteiger partial charge is 0.340 e. The highest BCUT2D eigenvalue weighted by molar-refractivity contribution is 6.00. The molecule has 0 bridgehead atoms. The van der Waals surface area contributed by atoms with E-state index in [9.17, 15) is 4.79 Å². The average Bonchev–Trinajstić information content (AvgIpc) is 3.47. The Hall–Kier alpha value is -3.80. The second-order valence-corrected chi connectivity index (χ2v) is 7.03. The minimum absolute atomic E-state index is 0.237. The van der Waals surface area contributed by atoms with Crippen molar-refractivity contribution in [3.8, 4) is 0 Å². The Morgan fingerprint density at radius 1 is 1.13 bits per heavy atom. The van der Waals surface area contributed by atoms with Gasteiger partial charge in [-0.1, -0.05) is 30.3 Å². The van der Waals surface area contributed by atoms with Crippen molar-refractivity contribution in [3.63, 3.8) is 0 Å². The zero-order valence-corrected chi connectivity index (χ0v) is 17.2. The minimum Gasteiger partial charge on any atom is -0.494 e. The highest BCUT2D eigenvalue weighted by Gasteiger charge is 2.21. The van der Waals surface area contributed by atoms with Gasteiger partial charge in [-0.05, 0) is 43.2 Å². The van der Waals surface area contributed by atoms with Crippen LogP contribution in [0.15, 0.2) is 77.4 Å². The third kappa shape index (κ3) is 3.85. The number of aromatic amines is 1. The molecule has 152 valence electrons. The highest BCUT2D eigenvalue weighted by Crippen LogP contribution is 2.27. The number of carbonyl (C=O) groups excluding carboxylic acids is 1. The van der Waals surface area contributed by atoms with Crippen LogP contribution in [0, 0.1) is 13.8 Å². The van der Waals surface area contributed by atoms with Gasteiger partial charge in [0, 0.05) is 29.9 Å². The van der Waals surface area contributed by atoms with Gasteiger partial charge in [0.2, 0.25) is 0 Å². The van der Waals surface area contributed by atoms with E-state index in [1.165, 1.54) is 0 Å². The number of aryl methyl sites for hydroxylation is 1. The standard InChI is InChI=1S/C24H23N3O3/c1-16-19(13-20-21(29-3)14-22(26-20)27-11-7-8-12-27)25-17(2)23(16)24(28)30-15-18-9-5-4-6-10-18/h4-14,25H,15H2,1-3H3/b20-13-. The maximum Gasteiger partial charge on any atom is 0.340 e. The summed E-state index contributed by atoms with van der Waals surface area (Å²) in [6.45, 7) is 4.00. The van der Waals surface area contributed by atoms with Gasteiger partial charge < -0.3 is 19.0 Å². The number of esters is 1. The van der Waals surface area contributed by atoms with E-state index in [-0.39, 0.29) is 12.6 Å². The fraction of sp³-hybridized carbons (Fsp3) is 0.167. The van der Waals surface area contributed by atoms with Crippen LogP contribution in [0.5, 0.6) is 0 Å². The van der Waals surface area contributed by atoms with Crippen molar-refractivity contribution in [1.29, 1.82) is 0 Å². The predicted octanol–water partition coefficient (Wildman–Crippen LogP) is 4.62. The molecule has 0 radical (unpaired) electrons. The molecule has 0 unspecified atom stereocenters. The van der Waals surface area contributed by atoms with Gasteiger partial charge >= 0.3 is 5.97 Å². The Kier molecular flexibility index (Phi) is 5.39. The number of H-pyrrole nitrogens is 1. The number of aliphatic imine (C=N–C) groups is 1. The van der Waals surface area contributed by atoms with E-state index in [1.807, 2.05) is 85.4 Å². The number of rotatable bonds is 5. The molecule has 1 N–H and O–H groups in total. The number of nitrogens with one attached hydrogen (secondary N) is 1. The van der Waals surface area contributed by atoms with E-state index in [0.29, 0.717) is 17.0 Å². The molecule has 0 amide bonds. The second kappa shape index (κ2) is 8.29. The Morgan fingerprint density at radius 3 is 2.57 bits per heavy atom. The summed E-state index contributed by atoms with van der Waals surface area (Å²) in [4.78, 5) is 20.7. The first-order chi connectivity index (χ1) is 14.6. The monoisotopic (exact) mass is 401 g/mol. The normalized spacial score (nSPS) is 14.6. The molecular formula is C24H23N3O3. The van der Waals surface area contributed by atoms with E-state index < -0.39 is 0 Å². The van der Waals surface area contributed by atoms with Crippen molar-refractivity contribution in [3.05, 3.63) is 100 Å². The summed E-state index contributed by atoms with van der Waals surface area (Å²) >= 11 is 0. The lowest BCUT2D eigenvalue weighted by Crippen LogP contribution is -2.07. The topological polar surface area (TPSA) is 68.6 Å². The number of allylic oxidation sites excluding steroid dienone is 1. The highest BCUT2D eigenvalue weighted by atomic mass is 16.5. The fourth-order valence-electron chi connectivity index (χ4n) is 3.45. The Balaban J connectivity index is 1.59. The largest absolute Gasteiger partial charge is 0.494 e. The predicted molar refractivity (Wildman–Crippen MR) is 116 cm³/mol. The summed E-state index contributed by atoms with van der Waals surface area (Å²) < 4.78 is 12.9. The number of aromatic nitrogens is 2. The zero-order chi connectivity index (χ0) is 21.1. The van der Waals surface area contributed by atoms with Crippen LogP contribution < -0.4 is 0 Å². The first kappa shape index (κ1) is 19.5. The van der Waals surface area contributed by atoms with Crippen LogP contribution >= 0.6 is 0 Å². The van der Waals surface area contributed by atoms with Crippen molar-refractivity contribution < 1.29 is 14.3 Å². The molecule has 3 aromatic rings. The first-order valence-corrected chi connectivity index (χ1v) is 9.67. The second-order valence-electron chi connectivity index (χ2n) is 7.03. The van der Waals surface area contributed by atoms with Crippen LogP contribution in [0.2, 0.25) is 0 Å². The summed E-state index contributed by atoms with van der Waals surface area (Å²) in [6, 6.07) is 13.5. The summed E-state index contributed by atoms with van der Waals surface area (Å²) in [5, 5.41) is 0. The molecular weight excluding hydrogens is 378 g/mol. The van der Waals surface area contributed by atoms with E-state index >= 15 is 0 Å². The van der Waals surface area contributed by atoms with E-state index in [4.69, 9.17) is 9.47 Å². The number of methoxy groups -OCH3 is 1. The van der Waals surface area contributed by atoms with Crippen molar-refractivity contribution in [2.45, 2.75) is 20.5 Å². The van der Waals surface area contributed by atoms with Gasteiger partial charge in [-0.2, -0.15) is 0 Å². The zero-order valence-electron chi connectivity index (χ0n) is 17.2. The molecule has 1 aliphatic rings. The van der Waals surface area contributed by atoms with Crippen LogP contribution in [-0.4, -0.2) is 28.5 Å². The molecule has 3 heterocycles. The van der Waals surface area contributed by atoms with Gasteiger partial charge in [-0.25, -0.2) is 9.79 Å². The molecule has 0 spiro atoms. The molecule has 2 aromatic heterocycles. The van der Waals surface area contributed by atoms with Gasteiger partial charge in [0.15, 0.2) is 0 Å². The van der Waals surface area contributed by atoms with Crippen LogP contribution in [-0.2, 0) is 16.1 Å². The van der Waals surface area contributed by atoms with Gasteiger partial charge in [0.1, 0.15) is 23.9 Å². The number of ether oxygens (including phenoxy) is 2. The number of carbonyl (C=O) groups is 1. The molecule has 0 fully saturated rings. The molecule has 0 aliphatic carbocycles. The molecule has 1 aromatic carbocycles. The van der Waals surface area contributed by atoms with Crippen LogP contribution in [0.3, 0.4) is 0 Å². The maximum atomic E-state index is 12.7. The minimum atomic E-state index is -0.347. The summed E-state index contributed by atoms with van der Waals surface area (Å²) in [6.07, 6.45) is 7.63. The van der Waals surface area contributed by atoms with Crippen LogP contribution in [0.25, 0.3) is 6.08 Å². The molecule has 4 rings (SSSR count). The SMILES string of the molecule is COC1=CC(n2cccc2)=N/C1=C\c1[nH]c(C)c(C(=O)OCc2ccccc2)c1C. The number of benzene rings is 1. The Bertz CT molecular complexity index is 1150. The Labute approximate surface area is 175 Å². The quantitative estimate of drug-likeness (QED) is 0.634. The van der Waals surface area contributed by atoms with Crippen molar-refractivity contribution in [2.24, 2.45) is 4.99 Å². The van der Waals surface area contributed by atoms with Crippen molar-refractivity contribution >= 4 is 17.9 Å². The van der Waals surface area contributed by atoms with Crippen LogP contribution in [0.1, 0.15) is 32.9 Å². The fourth-order valence-corrected chi connectivity index (χ4v) is 3.45. The lowest BCUT2D eigenvalue weighted by atomic mass is 10.1. The average molecular weight is 401 g/mol. The van der Waals surface area contributed by atoms with Gasteiger partial charge in [0.25, 0.3) is 0 Å². The number of hydrogen-bond donors (Lipinski definition) is 1. The lowest BCUT2D eigenvalue weighted by molar-refractivity contribution is 0.0471.